The molecule has 3 aromatic rings. The number of unbranched alkanes of at least 4 members (excludes halogenated alkanes) is 16. The third-order valence-corrected chi connectivity index (χ3v) is 8.45. The van der Waals surface area contributed by atoms with Crippen LogP contribution in [0.3, 0.4) is 0 Å². The molecule has 0 saturated heterocycles. The second-order valence-corrected chi connectivity index (χ2v) is 12.2. The van der Waals surface area contributed by atoms with Gasteiger partial charge in [-0.15, -0.1) is 0 Å². The van der Waals surface area contributed by atoms with Gasteiger partial charge in [-0.2, -0.15) is 4.39 Å². The fourth-order valence-electron chi connectivity index (χ4n) is 5.65. The van der Waals surface area contributed by atoms with Crippen LogP contribution in [0, 0.1) is 11.6 Å². The Morgan fingerprint density at radius 2 is 0.818 bits per heavy atom. The summed E-state index contributed by atoms with van der Waals surface area (Å²) in [4.78, 5) is 0. The van der Waals surface area contributed by atoms with Crippen LogP contribution in [0.5, 0.6) is 11.5 Å². The van der Waals surface area contributed by atoms with Crippen LogP contribution in [0.4, 0.5) is 8.78 Å². The molecule has 44 heavy (non-hydrogen) atoms. The van der Waals surface area contributed by atoms with Crippen LogP contribution in [-0.4, -0.2) is 13.2 Å². The van der Waals surface area contributed by atoms with Gasteiger partial charge in [-0.1, -0.05) is 153 Å². The predicted molar refractivity (Wildman–Crippen MR) is 183 cm³/mol. The second kappa shape index (κ2) is 21.8. The first-order valence-corrected chi connectivity index (χ1v) is 17.6. The molecule has 0 atom stereocenters. The van der Waals surface area contributed by atoms with Crippen LogP contribution in [-0.2, 0) is 0 Å². The minimum absolute atomic E-state index is 0.0127. The van der Waals surface area contributed by atoms with Crippen LogP contribution >= 0.6 is 0 Å². The third kappa shape index (κ3) is 13.0. The number of halogens is 2. The lowest BCUT2D eigenvalue weighted by atomic mass is 9.99. The van der Waals surface area contributed by atoms with Crippen molar-refractivity contribution in [1.82, 2.24) is 0 Å². The Balaban J connectivity index is 1.38. The molecule has 0 N–H and O–H groups in total. The van der Waals surface area contributed by atoms with Gasteiger partial charge in [0.2, 0.25) is 5.82 Å². The van der Waals surface area contributed by atoms with Gasteiger partial charge in [0.1, 0.15) is 5.75 Å². The molecule has 0 aliphatic carbocycles. The van der Waals surface area contributed by atoms with E-state index in [1.54, 1.807) is 12.1 Å². The molecule has 242 valence electrons. The van der Waals surface area contributed by atoms with Gasteiger partial charge in [0.25, 0.3) is 0 Å². The average molecular weight is 607 g/mol. The summed E-state index contributed by atoms with van der Waals surface area (Å²) in [7, 11) is 0. The maximum absolute atomic E-state index is 15.0. The van der Waals surface area contributed by atoms with Gasteiger partial charge in [-0.05, 0) is 53.8 Å². The third-order valence-electron chi connectivity index (χ3n) is 8.45. The first kappa shape index (κ1) is 35.6. The molecular weight excluding hydrogens is 550 g/mol. The van der Waals surface area contributed by atoms with E-state index >= 15 is 0 Å². The zero-order valence-corrected chi connectivity index (χ0v) is 27.5. The van der Waals surface area contributed by atoms with E-state index in [9.17, 15) is 8.78 Å². The van der Waals surface area contributed by atoms with Gasteiger partial charge in [0, 0.05) is 5.56 Å². The number of hydrogen-bond donors (Lipinski definition) is 0. The lowest BCUT2D eigenvalue weighted by Gasteiger charge is -2.11. The smallest absolute Gasteiger partial charge is 0.201 e. The van der Waals surface area contributed by atoms with Crippen molar-refractivity contribution in [2.75, 3.05) is 13.2 Å². The molecule has 0 aliphatic heterocycles. The summed E-state index contributed by atoms with van der Waals surface area (Å²) < 4.78 is 41.3. The highest BCUT2D eigenvalue weighted by Crippen LogP contribution is 2.32. The zero-order chi connectivity index (χ0) is 31.2. The van der Waals surface area contributed by atoms with Crippen LogP contribution in [0.2, 0.25) is 0 Å². The van der Waals surface area contributed by atoms with Crippen molar-refractivity contribution in [2.45, 2.75) is 129 Å². The molecule has 0 radical (unpaired) electrons. The summed E-state index contributed by atoms with van der Waals surface area (Å²) in [5, 5.41) is 0. The van der Waals surface area contributed by atoms with Gasteiger partial charge >= 0.3 is 0 Å². The molecule has 0 fully saturated rings. The predicted octanol–water partition coefficient (Wildman–Crippen LogP) is 13.1. The van der Waals surface area contributed by atoms with Crippen LogP contribution in [0.25, 0.3) is 22.3 Å². The molecule has 0 unspecified atom stereocenters. The minimum atomic E-state index is -0.917. The maximum Gasteiger partial charge on any atom is 0.201 e. The number of hydrogen-bond acceptors (Lipinski definition) is 2. The van der Waals surface area contributed by atoms with Crippen LogP contribution < -0.4 is 9.47 Å². The van der Waals surface area contributed by atoms with Gasteiger partial charge in [-0.25, -0.2) is 4.39 Å². The highest BCUT2D eigenvalue weighted by molar-refractivity contribution is 5.71. The van der Waals surface area contributed by atoms with Crippen molar-refractivity contribution in [3.63, 3.8) is 0 Å². The molecular formula is C40H56F2O2. The Hall–Kier alpha value is -2.88. The summed E-state index contributed by atoms with van der Waals surface area (Å²) >= 11 is 0. The van der Waals surface area contributed by atoms with E-state index in [0.29, 0.717) is 12.2 Å². The lowest BCUT2D eigenvalue weighted by molar-refractivity contribution is 0.285. The van der Waals surface area contributed by atoms with Crippen molar-refractivity contribution < 1.29 is 18.3 Å². The van der Waals surface area contributed by atoms with E-state index in [2.05, 4.69) is 13.8 Å². The molecule has 0 saturated carbocycles. The Labute approximate surface area is 266 Å². The van der Waals surface area contributed by atoms with Gasteiger partial charge in [-0.3, -0.25) is 0 Å². The summed E-state index contributed by atoms with van der Waals surface area (Å²) in [5.41, 5.74) is 2.95. The highest BCUT2D eigenvalue weighted by atomic mass is 19.2. The van der Waals surface area contributed by atoms with Crippen LogP contribution in [0.1, 0.15) is 129 Å². The number of benzene rings is 3. The molecule has 0 amide bonds. The van der Waals surface area contributed by atoms with E-state index in [1.807, 2.05) is 48.5 Å². The molecule has 0 heterocycles. The summed E-state index contributed by atoms with van der Waals surface area (Å²) in [6, 6.07) is 18.8. The standard InChI is InChI=1S/C40H56F2O2/c1-3-5-7-9-11-13-14-16-17-19-31-43-36-27-25-34(26-28-36)33-21-23-35(24-22-33)37-29-30-38(40(42)39(37)41)44-32-20-18-15-12-10-8-6-4-2/h21-30H,3-20,31-32H2,1-2H3. The summed E-state index contributed by atoms with van der Waals surface area (Å²) in [6.07, 6.45) is 22.6. The first-order chi connectivity index (χ1) is 21.6. The molecule has 0 spiro atoms. The van der Waals surface area contributed by atoms with Crippen LogP contribution in [0.15, 0.2) is 60.7 Å². The average Bonchev–Trinajstić information content (AvgIpc) is 3.05. The molecule has 0 aromatic heterocycles. The Kier molecular flexibility index (Phi) is 17.6. The molecule has 0 aliphatic rings. The quantitative estimate of drug-likeness (QED) is 0.0944. The molecule has 3 aromatic carbocycles. The van der Waals surface area contributed by atoms with E-state index < -0.39 is 11.6 Å². The fourth-order valence-corrected chi connectivity index (χ4v) is 5.65. The van der Waals surface area contributed by atoms with Crippen molar-refractivity contribution in [3.8, 4) is 33.8 Å². The van der Waals surface area contributed by atoms with E-state index in [-0.39, 0.29) is 11.3 Å². The largest absolute Gasteiger partial charge is 0.494 e. The minimum Gasteiger partial charge on any atom is -0.494 e. The topological polar surface area (TPSA) is 18.5 Å². The number of ether oxygens (including phenoxy) is 2. The fraction of sp³-hybridized carbons (Fsp3) is 0.550. The first-order valence-electron chi connectivity index (χ1n) is 17.6. The van der Waals surface area contributed by atoms with E-state index in [0.717, 1.165) is 49.2 Å². The lowest BCUT2D eigenvalue weighted by Crippen LogP contribution is -2.01. The van der Waals surface area contributed by atoms with Gasteiger partial charge < -0.3 is 9.47 Å². The van der Waals surface area contributed by atoms with Crippen molar-refractivity contribution in [1.29, 1.82) is 0 Å². The SMILES string of the molecule is CCCCCCCCCCCCOc1ccc(-c2ccc(-c3ccc(OCCCCCCCCCC)c(F)c3F)cc2)cc1. The highest BCUT2D eigenvalue weighted by Gasteiger charge is 2.16. The van der Waals surface area contributed by atoms with Crippen molar-refractivity contribution in [3.05, 3.63) is 72.3 Å². The molecule has 0 bridgehead atoms. The Morgan fingerprint density at radius 1 is 0.409 bits per heavy atom. The monoisotopic (exact) mass is 606 g/mol. The molecule has 3 rings (SSSR count). The van der Waals surface area contributed by atoms with E-state index in [4.69, 9.17) is 9.47 Å². The molecule has 2 nitrogen and oxygen atoms in total. The molecule has 4 heteroatoms. The Morgan fingerprint density at radius 3 is 1.32 bits per heavy atom. The number of rotatable bonds is 24. The normalized spacial score (nSPS) is 11.2. The van der Waals surface area contributed by atoms with Crippen molar-refractivity contribution in [2.24, 2.45) is 0 Å². The zero-order valence-electron chi connectivity index (χ0n) is 27.5. The second-order valence-electron chi connectivity index (χ2n) is 12.2. The maximum atomic E-state index is 15.0. The van der Waals surface area contributed by atoms with E-state index in [1.165, 1.54) is 89.9 Å². The summed E-state index contributed by atoms with van der Waals surface area (Å²) in [6.45, 7) is 5.63. The van der Waals surface area contributed by atoms with Crippen molar-refractivity contribution >= 4 is 0 Å². The van der Waals surface area contributed by atoms with Gasteiger partial charge in [0.05, 0.1) is 13.2 Å². The van der Waals surface area contributed by atoms with Gasteiger partial charge in [0.15, 0.2) is 11.6 Å². The Bertz CT molecular complexity index is 1160. The summed E-state index contributed by atoms with van der Waals surface area (Å²) in [5.74, 6) is -0.917.